The molecule has 3 atom stereocenters. The zero-order valence-corrected chi connectivity index (χ0v) is 7.74. The molecule has 68 valence electrons. The van der Waals surface area contributed by atoms with E-state index in [-0.39, 0.29) is 5.54 Å². The summed E-state index contributed by atoms with van der Waals surface area (Å²) in [5, 5.41) is 0. The number of rotatable bonds is 1. The van der Waals surface area contributed by atoms with Gasteiger partial charge in [0, 0.05) is 5.54 Å². The van der Waals surface area contributed by atoms with Crippen LogP contribution in [-0.4, -0.2) is 0 Å². The largest absolute Gasteiger partial charge is 0.321 e. The Morgan fingerprint density at radius 1 is 1.08 bits per heavy atom. The van der Waals surface area contributed by atoms with Crippen molar-refractivity contribution in [1.82, 2.24) is 0 Å². The van der Waals surface area contributed by atoms with Crippen molar-refractivity contribution in [3.8, 4) is 0 Å². The van der Waals surface area contributed by atoms with Crippen LogP contribution in [0.15, 0.2) is 30.3 Å². The molecule has 2 aliphatic rings. The van der Waals surface area contributed by atoms with Crippen LogP contribution < -0.4 is 5.73 Å². The molecule has 2 saturated carbocycles. The molecule has 0 heterocycles. The molecule has 0 aromatic heterocycles. The molecule has 0 spiro atoms. The van der Waals surface area contributed by atoms with Crippen LogP contribution in [0.2, 0.25) is 0 Å². The normalized spacial score (nSPS) is 41.6. The minimum Gasteiger partial charge on any atom is -0.321 e. The molecule has 1 aromatic rings. The summed E-state index contributed by atoms with van der Waals surface area (Å²) in [5.74, 6) is 1.90. The standard InChI is InChI=1S/C12H15N/c13-12(7-9-6-10(9)8-12)11-4-2-1-3-5-11/h1-5,9-10H,6-8,13H2/t9-,10+,12?. The molecule has 3 rings (SSSR count). The van der Waals surface area contributed by atoms with Crippen molar-refractivity contribution < 1.29 is 0 Å². The summed E-state index contributed by atoms with van der Waals surface area (Å²) >= 11 is 0. The lowest BCUT2D eigenvalue weighted by Gasteiger charge is -2.26. The predicted molar refractivity (Wildman–Crippen MR) is 53.1 cm³/mol. The lowest BCUT2D eigenvalue weighted by atomic mass is 9.86. The Kier molecular flexibility index (Phi) is 1.37. The Labute approximate surface area is 78.9 Å². The third-order valence-electron chi connectivity index (χ3n) is 3.67. The Bertz CT molecular complexity index is 307. The predicted octanol–water partition coefficient (Wildman–Crippen LogP) is 2.27. The zero-order valence-electron chi connectivity index (χ0n) is 7.74. The maximum absolute atomic E-state index is 6.40. The highest BCUT2D eigenvalue weighted by Crippen LogP contribution is 2.58. The molecular weight excluding hydrogens is 158 g/mol. The summed E-state index contributed by atoms with van der Waals surface area (Å²) < 4.78 is 0. The van der Waals surface area contributed by atoms with Gasteiger partial charge in [0.1, 0.15) is 0 Å². The van der Waals surface area contributed by atoms with E-state index in [1.54, 1.807) is 0 Å². The van der Waals surface area contributed by atoms with Crippen LogP contribution in [0.5, 0.6) is 0 Å². The second kappa shape index (κ2) is 2.36. The van der Waals surface area contributed by atoms with Crippen molar-refractivity contribution in [2.24, 2.45) is 17.6 Å². The van der Waals surface area contributed by atoms with E-state index in [0.717, 1.165) is 11.8 Å². The molecular formula is C12H15N. The van der Waals surface area contributed by atoms with Gasteiger partial charge in [-0.15, -0.1) is 0 Å². The number of hydrogen-bond acceptors (Lipinski definition) is 1. The highest BCUT2D eigenvalue weighted by Gasteiger charge is 2.52. The molecule has 2 N–H and O–H groups in total. The summed E-state index contributed by atoms with van der Waals surface area (Å²) in [5.41, 5.74) is 7.75. The first-order valence-electron chi connectivity index (χ1n) is 5.12. The Morgan fingerprint density at radius 2 is 1.69 bits per heavy atom. The third-order valence-corrected chi connectivity index (χ3v) is 3.67. The van der Waals surface area contributed by atoms with Crippen LogP contribution in [0.1, 0.15) is 24.8 Å². The van der Waals surface area contributed by atoms with E-state index in [1.807, 2.05) is 0 Å². The van der Waals surface area contributed by atoms with Gasteiger partial charge in [0.15, 0.2) is 0 Å². The molecule has 1 unspecified atom stereocenters. The smallest absolute Gasteiger partial charge is 0.0415 e. The summed E-state index contributed by atoms with van der Waals surface area (Å²) in [4.78, 5) is 0. The molecule has 2 fully saturated rings. The number of nitrogens with two attached hydrogens (primary N) is 1. The van der Waals surface area contributed by atoms with Crippen molar-refractivity contribution in [3.63, 3.8) is 0 Å². The van der Waals surface area contributed by atoms with Gasteiger partial charge >= 0.3 is 0 Å². The summed E-state index contributed by atoms with van der Waals surface area (Å²) in [7, 11) is 0. The third kappa shape index (κ3) is 1.11. The molecule has 1 aromatic carbocycles. The van der Waals surface area contributed by atoms with Gasteiger partial charge in [0.25, 0.3) is 0 Å². The van der Waals surface area contributed by atoms with Gasteiger partial charge in [-0.1, -0.05) is 30.3 Å². The van der Waals surface area contributed by atoms with E-state index in [2.05, 4.69) is 30.3 Å². The van der Waals surface area contributed by atoms with Gasteiger partial charge in [-0.3, -0.25) is 0 Å². The minimum atomic E-state index is 0.00877. The zero-order chi connectivity index (χ0) is 8.89. The monoisotopic (exact) mass is 173 g/mol. The molecule has 0 bridgehead atoms. The summed E-state index contributed by atoms with van der Waals surface area (Å²) in [6, 6.07) is 10.6. The maximum Gasteiger partial charge on any atom is 0.0415 e. The lowest BCUT2D eigenvalue weighted by molar-refractivity contribution is 0.411. The van der Waals surface area contributed by atoms with E-state index < -0.39 is 0 Å². The van der Waals surface area contributed by atoms with Gasteiger partial charge in [-0.2, -0.15) is 0 Å². The van der Waals surface area contributed by atoms with Crippen LogP contribution in [0.4, 0.5) is 0 Å². The van der Waals surface area contributed by atoms with Crippen LogP contribution in [0.25, 0.3) is 0 Å². The van der Waals surface area contributed by atoms with E-state index in [9.17, 15) is 0 Å². The molecule has 0 radical (unpaired) electrons. The van der Waals surface area contributed by atoms with E-state index in [4.69, 9.17) is 5.73 Å². The van der Waals surface area contributed by atoms with E-state index in [1.165, 1.54) is 24.8 Å². The van der Waals surface area contributed by atoms with Crippen molar-refractivity contribution in [3.05, 3.63) is 35.9 Å². The number of fused-ring (bicyclic) bond motifs is 1. The second-order valence-electron chi connectivity index (χ2n) is 4.69. The summed E-state index contributed by atoms with van der Waals surface area (Å²) in [6.07, 6.45) is 3.86. The lowest BCUT2D eigenvalue weighted by Crippen LogP contribution is -2.34. The highest BCUT2D eigenvalue weighted by molar-refractivity contribution is 5.27. The van der Waals surface area contributed by atoms with Crippen LogP contribution in [0, 0.1) is 11.8 Å². The molecule has 0 amide bonds. The molecule has 1 nitrogen and oxygen atoms in total. The van der Waals surface area contributed by atoms with E-state index in [0.29, 0.717) is 0 Å². The Balaban J connectivity index is 1.92. The Morgan fingerprint density at radius 3 is 2.31 bits per heavy atom. The molecule has 2 aliphatic carbocycles. The molecule has 0 aliphatic heterocycles. The Hall–Kier alpha value is -0.820. The van der Waals surface area contributed by atoms with Crippen LogP contribution in [0.3, 0.4) is 0 Å². The fourth-order valence-corrected chi connectivity index (χ4v) is 2.84. The van der Waals surface area contributed by atoms with Gasteiger partial charge < -0.3 is 5.73 Å². The van der Waals surface area contributed by atoms with Crippen molar-refractivity contribution in [1.29, 1.82) is 0 Å². The minimum absolute atomic E-state index is 0.00877. The van der Waals surface area contributed by atoms with Gasteiger partial charge in [0.05, 0.1) is 0 Å². The fraction of sp³-hybridized carbons (Fsp3) is 0.500. The van der Waals surface area contributed by atoms with E-state index >= 15 is 0 Å². The summed E-state index contributed by atoms with van der Waals surface area (Å²) in [6.45, 7) is 0. The average molecular weight is 173 g/mol. The van der Waals surface area contributed by atoms with Gasteiger partial charge in [-0.05, 0) is 36.7 Å². The molecule has 13 heavy (non-hydrogen) atoms. The van der Waals surface area contributed by atoms with Gasteiger partial charge in [0.2, 0.25) is 0 Å². The quantitative estimate of drug-likeness (QED) is 0.692. The van der Waals surface area contributed by atoms with Gasteiger partial charge in [-0.25, -0.2) is 0 Å². The number of hydrogen-bond donors (Lipinski definition) is 1. The van der Waals surface area contributed by atoms with Crippen LogP contribution >= 0.6 is 0 Å². The SMILES string of the molecule is NC1(c2ccccc2)C[C@H]2C[C@H]2C1. The highest BCUT2D eigenvalue weighted by atomic mass is 14.8. The fourth-order valence-electron chi connectivity index (χ4n) is 2.84. The second-order valence-corrected chi connectivity index (χ2v) is 4.69. The van der Waals surface area contributed by atoms with Crippen LogP contribution in [-0.2, 0) is 5.54 Å². The van der Waals surface area contributed by atoms with Crippen molar-refractivity contribution in [2.75, 3.05) is 0 Å². The molecule has 1 heteroatoms. The first-order valence-corrected chi connectivity index (χ1v) is 5.12. The van der Waals surface area contributed by atoms with Crippen molar-refractivity contribution >= 4 is 0 Å². The first-order chi connectivity index (χ1) is 6.28. The maximum atomic E-state index is 6.40. The van der Waals surface area contributed by atoms with Crippen molar-refractivity contribution in [2.45, 2.75) is 24.8 Å². The average Bonchev–Trinajstić information content (AvgIpc) is 2.77. The number of benzene rings is 1. The first kappa shape index (κ1) is 7.57. The topological polar surface area (TPSA) is 26.0 Å². The molecule has 0 saturated heterocycles.